The van der Waals surface area contributed by atoms with Crippen molar-refractivity contribution in [1.82, 2.24) is 0 Å². The first kappa shape index (κ1) is 85.0. The van der Waals surface area contributed by atoms with E-state index in [2.05, 4.69) is 488 Å². The fourth-order valence-electron chi connectivity index (χ4n) is 23.8. The molecule has 8 nitrogen and oxygen atoms in total. The second-order valence-electron chi connectivity index (χ2n) is 38.7. The molecule has 0 unspecified atom stereocenters. The molecule has 0 N–H and O–H groups in total. The summed E-state index contributed by atoms with van der Waals surface area (Å²) in [5.74, 6) is 0. The molecule has 684 valence electrons. The van der Waals surface area contributed by atoms with Crippen LogP contribution in [0.1, 0.15) is 44.5 Å². The van der Waals surface area contributed by atoms with E-state index in [0.29, 0.717) is 0 Å². The first-order valence-electron chi connectivity index (χ1n) is 49.7. The van der Waals surface area contributed by atoms with E-state index in [1.54, 1.807) is 0 Å². The largest absolute Gasteiger partial charge is 0.455 e. The fourth-order valence-corrected chi connectivity index (χ4v) is 23.8. The Morgan fingerprint density at radius 2 is 0.403 bits per heavy atom. The molecule has 144 heavy (non-hydrogen) atoms. The summed E-state index contributed by atoms with van der Waals surface area (Å²) in [7, 11) is 0. The van der Waals surface area contributed by atoms with Crippen LogP contribution in [0.4, 0.5) is 68.2 Å². The van der Waals surface area contributed by atoms with Gasteiger partial charge in [0.2, 0.25) is 0 Å². The van der Waals surface area contributed by atoms with Crippen LogP contribution in [0.5, 0.6) is 0 Å². The third-order valence-electron chi connectivity index (χ3n) is 30.3. The van der Waals surface area contributed by atoms with E-state index in [0.717, 1.165) is 189 Å². The van der Waals surface area contributed by atoms with Crippen LogP contribution in [-0.2, 0) is 0 Å². The number of rotatable bonds is 16. The molecule has 0 saturated carbocycles. The summed E-state index contributed by atoms with van der Waals surface area (Å²) in [6.45, 7) is 17.9. The summed E-state index contributed by atoms with van der Waals surface area (Å²) in [6.07, 6.45) is 0. The Hall–Kier alpha value is -18.2. The molecule has 4 aromatic heterocycles. The summed E-state index contributed by atoms with van der Waals surface area (Å²) in [4.78, 5) is 9.93. The lowest BCUT2D eigenvalue weighted by Crippen LogP contribution is -2.14. The van der Waals surface area contributed by atoms with Gasteiger partial charge >= 0.3 is 0 Å². The van der Waals surface area contributed by atoms with Gasteiger partial charge in [-0.2, -0.15) is 0 Å². The predicted molar refractivity (Wildman–Crippen MR) is 608 cm³/mol. The number of para-hydroxylation sites is 12. The molecule has 0 radical (unpaired) electrons. The molecule has 0 atom stereocenters. The Balaban J connectivity index is 0.000000143. The molecular formula is C136H96N4O4. The first-order valence-corrected chi connectivity index (χ1v) is 49.7. The van der Waals surface area contributed by atoms with E-state index in [-0.39, 0.29) is 0 Å². The van der Waals surface area contributed by atoms with Crippen molar-refractivity contribution in [2.75, 3.05) is 19.6 Å². The van der Waals surface area contributed by atoms with Crippen molar-refractivity contribution in [2.45, 2.75) is 55.4 Å². The second kappa shape index (κ2) is 33.8. The zero-order valence-electron chi connectivity index (χ0n) is 81.0. The van der Waals surface area contributed by atoms with Crippen molar-refractivity contribution in [2.24, 2.45) is 0 Å². The van der Waals surface area contributed by atoms with Crippen molar-refractivity contribution in [1.29, 1.82) is 0 Å². The predicted octanol–water partition coefficient (Wildman–Crippen LogP) is 39.8. The van der Waals surface area contributed by atoms with Gasteiger partial charge in [-0.15, -0.1) is 0 Å². The molecule has 28 aromatic rings. The van der Waals surface area contributed by atoms with Gasteiger partial charge in [0.1, 0.15) is 44.7 Å². The van der Waals surface area contributed by atoms with Crippen LogP contribution >= 0.6 is 0 Å². The molecule has 4 heterocycles. The van der Waals surface area contributed by atoms with Crippen LogP contribution in [0.25, 0.3) is 197 Å². The monoisotopic (exact) mass is 1850 g/mol. The van der Waals surface area contributed by atoms with E-state index in [9.17, 15) is 0 Å². The molecule has 0 aliphatic heterocycles. The van der Waals surface area contributed by atoms with Crippen LogP contribution in [0.2, 0.25) is 0 Å². The SMILES string of the molecule is Cc1ccc(-c2cccc3c2oc2ccccc23)c(C)c1N(c1ccccc1)c1ccc2ccc3c(N(c4ccccc4)c4c(C)ccc(-c5cccc6c5oc5ccccc56)c4C)ccc4ccc1c2c43.Cc1cccc(C)c1N(c1cccc(-c2cccc3c2oc2ccccc23)c1)c1ccc2ccc3c(N(c4cccc(-c5cccc6c5oc5ccccc56)c4)c4c(C)cccc4C)ccc4ccc1c2c43. The minimum Gasteiger partial charge on any atom is -0.455 e. The Bertz CT molecular complexity index is 9310. The molecule has 28 rings (SSSR count). The lowest BCUT2D eigenvalue weighted by Gasteiger charge is -2.32. The first-order chi connectivity index (χ1) is 70.8. The number of fused-ring (bicyclic) bond motifs is 12. The van der Waals surface area contributed by atoms with Crippen molar-refractivity contribution < 1.29 is 17.7 Å². The smallest absolute Gasteiger partial charge is 0.143 e. The zero-order valence-corrected chi connectivity index (χ0v) is 81.0. The van der Waals surface area contributed by atoms with E-state index >= 15 is 0 Å². The lowest BCUT2D eigenvalue weighted by atomic mass is 9.90. The summed E-state index contributed by atoms with van der Waals surface area (Å²) in [5, 5.41) is 23.6. The van der Waals surface area contributed by atoms with Gasteiger partial charge in [-0.3, -0.25) is 0 Å². The van der Waals surface area contributed by atoms with Gasteiger partial charge in [0, 0.05) is 110 Å². The number of nitrogens with zero attached hydrogens (tertiary/aromatic N) is 4. The van der Waals surface area contributed by atoms with Gasteiger partial charge in [-0.1, -0.05) is 340 Å². The van der Waals surface area contributed by atoms with Crippen molar-refractivity contribution >= 4 is 221 Å². The Morgan fingerprint density at radius 3 is 0.722 bits per heavy atom. The van der Waals surface area contributed by atoms with E-state index in [1.807, 2.05) is 24.3 Å². The quantitative estimate of drug-likeness (QED) is 0.0887. The third-order valence-corrected chi connectivity index (χ3v) is 30.3. The van der Waals surface area contributed by atoms with E-state index in [1.165, 1.54) is 121 Å². The Kier molecular flexibility index (Phi) is 20.0. The lowest BCUT2D eigenvalue weighted by molar-refractivity contribution is 0.669. The fraction of sp³-hybridized carbons (Fsp3) is 0.0588. The Labute approximate surface area is 833 Å². The third kappa shape index (κ3) is 13.5. The highest BCUT2D eigenvalue weighted by molar-refractivity contribution is 6.31. The topological polar surface area (TPSA) is 65.5 Å². The molecule has 0 aliphatic carbocycles. The molecular weight excluding hydrogens is 1750 g/mol. The number of aryl methyl sites for hydroxylation is 6. The van der Waals surface area contributed by atoms with Crippen LogP contribution in [0.15, 0.2) is 454 Å². The summed E-state index contributed by atoms with van der Waals surface area (Å²) in [6, 6.07) is 158. The maximum Gasteiger partial charge on any atom is 0.143 e. The van der Waals surface area contributed by atoms with Gasteiger partial charge in [-0.05, 0) is 262 Å². The normalized spacial score (nSPS) is 11.9. The van der Waals surface area contributed by atoms with E-state index in [4.69, 9.17) is 17.7 Å². The van der Waals surface area contributed by atoms with Gasteiger partial charge in [0.15, 0.2) is 0 Å². The highest BCUT2D eigenvalue weighted by Crippen LogP contribution is 2.56. The molecule has 0 amide bonds. The summed E-state index contributed by atoms with van der Waals surface area (Å²) >= 11 is 0. The Morgan fingerprint density at radius 1 is 0.160 bits per heavy atom. The highest BCUT2D eigenvalue weighted by atomic mass is 16.3. The maximum atomic E-state index is 6.64. The minimum atomic E-state index is 0.896. The molecule has 0 spiro atoms. The van der Waals surface area contributed by atoms with Gasteiger partial charge < -0.3 is 37.3 Å². The molecule has 8 heteroatoms. The van der Waals surface area contributed by atoms with Crippen molar-refractivity contribution in [3.05, 3.63) is 481 Å². The number of benzene rings is 24. The maximum absolute atomic E-state index is 6.64. The van der Waals surface area contributed by atoms with Gasteiger partial charge in [0.05, 0.1) is 45.5 Å². The average Bonchev–Trinajstić information content (AvgIpc) is 1.18. The standard InChI is InChI=1S/2C68H48N2O2/c1-41-15-9-16-42(2)65(41)69(49-21-11-19-47(39-49)51-25-13-27-55-53-23-5-7-29-61(53)71-67(51)55)59-37-33-45-32-36-58-60(38-34-46-31-35-57(59)63(45)64(46)58)70(66-43(3)17-10-18-44(66)4)50-22-12-20-48(40-50)52-26-14-28-56-54-24-6-8-30-62(54)72-68(52)56;1-41-29-35-49(53-23-15-25-55-51-21-11-13-27-61(51)71-67(53)55)43(3)65(41)69(47-17-7-5-8-18-47)59-39-33-45-32-38-58-60(40-34-46-31-37-57(59)63(45)64(46)58)70(48-19-9-6-10-20-48)66-42(2)30-36-50(44(66)4)54-24-16-26-56-52-22-12-14-28-62(52)72-68(54)56/h2*5-40H,1-4H3. The average molecular weight is 1850 g/mol. The summed E-state index contributed by atoms with van der Waals surface area (Å²) < 4.78 is 26.5. The number of furan rings is 4. The summed E-state index contributed by atoms with van der Waals surface area (Å²) in [5.41, 5.74) is 39.1. The highest BCUT2D eigenvalue weighted by Gasteiger charge is 2.32. The van der Waals surface area contributed by atoms with E-state index < -0.39 is 0 Å². The molecule has 0 aliphatic rings. The van der Waals surface area contributed by atoms with Gasteiger partial charge in [-0.25, -0.2) is 0 Å². The molecule has 0 saturated heterocycles. The van der Waals surface area contributed by atoms with Gasteiger partial charge in [0.25, 0.3) is 0 Å². The van der Waals surface area contributed by atoms with Crippen LogP contribution < -0.4 is 19.6 Å². The number of hydrogen-bond donors (Lipinski definition) is 0. The van der Waals surface area contributed by atoms with Crippen molar-refractivity contribution in [3.8, 4) is 44.5 Å². The van der Waals surface area contributed by atoms with Crippen LogP contribution in [-0.4, -0.2) is 0 Å². The molecule has 0 bridgehead atoms. The zero-order chi connectivity index (χ0) is 96.4. The molecule has 24 aromatic carbocycles. The van der Waals surface area contributed by atoms with Crippen LogP contribution in [0, 0.1) is 55.4 Å². The second-order valence-corrected chi connectivity index (χ2v) is 38.7. The number of anilines is 12. The van der Waals surface area contributed by atoms with Crippen molar-refractivity contribution in [3.63, 3.8) is 0 Å². The van der Waals surface area contributed by atoms with Crippen LogP contribution in [0.3, 0.4) is 0 Å². The molecule has 0 fully saturated rings. The minimum absolute atomic E-state index is 0.896. The number of hydrogen-bond acceptors (Lipinski definition) is 8.